The maximum atomic E-state index is 8.07. The summed E-state index contributed by atoms with van der Waals surface area (Å²) < 4.78 is 69.5. The Morgan fingerprint density at radius 2 is 1.76 bits per heavy atom. The maximum Gasteiger partial charge on any atom is 0.229 e. The van der Waals surface area contributed by atoms with Crippen molar-refractivity contribution in [3.8, 4) is 5.75 Å². The predicted molar refractivity (Wildman–Crippen MR) is 136 cm³/mol. The van der Waals surface area contributed by atoms with E-state index in [1.165, 1.54) is 0 Å². The van der Waals surface area contributed by atoms with Gasteiger partial charge < -0.3 is 15.0 Å². The van der Waals surface area contributed by atoms with Gasteiger partial charge in [0, 0.05) is 46.2 Å². The molecule has 1 N–H and O–H groups in total. The number of likely N-dealkylation sites (tertiary alicyclic amines) is 1. The van der Waals surface area contributed by atoms with Gasteiger partial charge >= 0.3 is 0 Å². The number of benzene rings is 2. The van der Waals surface area contributed by atoms with Gasteiger partial charge in [0.2, 0.25) is 5.95 Å². The number of nitrogens with one attached hydrogen (secondary N) is 1. The van der Waals surface area contributed by atoms with Gasteiger partial charge in [0.15, 0.2) is 0 Å². The topological polar surface area (TPSA) is 53.5 Å². The summed E-state index contributed by atoms with van der Waals surface area (Å²) in [4.78, 5) is 12.0. The van der Waals surface area contributed by atoms with Crippen LogP contribution in [0.3, 0.4) is 0 Å². The summed E-state index contributed by atoms with van der Waals surface area (Å²) in [6.45, 7) is 2.05. The lowest BCUT2D eigenvalue weighted by molar-refractivity contribution is 0.238. The Labute approximate surface area is 208 Å². The van der Waals surface area contributed by atoms with Crippen molar-refractivity contribution in [3.05, 3.63) is 66.4 Å². The van der Waals surface area contributed by atoms with Crippen LogP contribution >= 0.6 is 0 Å². The summed E-state index contributed by atoms with van der Waals surface area (Å²) in [6, 6.07) is 16.9. The van der Waals surface area contributed by atoms with E-state index in [9.17, 15) is 0 Å². The summed E-state index contributed by atoms with van der Waals surface area (Å²) >= 11 is 0. The van der Waals surface area contributed by atoms with Crippen molar-refractivity contribution in [2.75, 3.05) is 36.4 Å². The number of aromatic nitrogens is 2. The van der Waals surface area contributed by atoms with E-state index in [0.717, 1.165) is 17.1 Å². The monoisotopic (exact) mass is 453 g/mol. The lowest BCUT2D eigenvalue weighted by Crippen LogP contribution is -2.38. The van der Waals surface area contributed by atoms with Crippen LogP contribution in [0, 0.1) is 6.92 Å². The maximum absolute atomic E-state index is 8.07. The molecule has 0 amide bonds. The molecule has 6 nitrogen and oxygen atoms in total. The molecule has 6 heteroatoms. The summed E-state index contributed by atoms with van der Waals surface area (Å²) in [5, 5.41) is 3.20. The molecule has 0 aliphatic carbocycles. The van der Waals surface area contributed by atoms with Crippen LogP contribution in [0.1, 0.15) is 50.0 Å². The second-order valence-electron chi connectivity index (χ2n) is 8.67. The van der Waals surface area contributed by atoms with Crippen molar-refractivity contribution >= 4 is 23.1 Å². The van der Waals surface area contributed by atoms with Crippen LogP contribution in [-0.2, 0) is 0 Å². The third-order valence-corrected chi connectivity index (χ3v) is 4.98. The summed E-state index contributed by atoms with van der Waals surface area (Å²) in [7, 11) is 0. The van der Waals surface area contributed by atoms with Crippen LogP contribution in [0.4, 0.5) is 23.1 Å². The predicted octanol–water partition coefficient (Wildman–Crippen LogP) is 5.94. The fraction of sp³-hybridized carbons (Fsp3) is 0.407. The third kappa shape index (κ3) is 6.02. The molecule has 1 aliphatic heterocycles. The first-order chi connectivity index (χ1) is 18.9. The summed E-state index contributed by atoms with van der Waals surface area (Å²) in [5.74, 6) is 1.61. The van der Waals surface area contributed by atoms with E-state index in [1.807, 2.05) is 37.3 Å². The molecular weight excluding hydrogens is 410 g/mol. The van der Waals surface area contributed by atoms with Gasteiger partial charge in [-0.2, -0.15) is 4.98 Å². The van der Waals surface area contributed by atoms with E-state index >= 15 is 0 Å². The zero-order chi connectivity index (χ0) is 30.4. The number of anilines is 4. The van der Waals surface area contributed by atoms with Gasteiger partial charge in [0.1, 0.15) is 18.2 Å². The first kappa shape index (κ1) is 14.9. The number of aryl methyl sites for hydroxylation is 1. The Kier molecular flexibility index (Phi) is 4.62. The number of nitrogens with zero attached hydrogens (tertiary/aromatic N) is 4. The van der Waals surface area contributed by atoms with Crippen LogP contribution in [0.25, 0.3) is 0 Å². The molecule has 3 aromatic rings. The Morgan fingerprint density at radius 3 is 2.42 bits per heavy atom. The third-order valence-electron chi connectivity index (χ3n) is 4.98. The highest BCUT2D eigenvalue weighted by Gasteiger charge is 2.26. The molecule has 0 spiro atoms. The van der Waals surface area contributed by atoms with Crippen molar-refractivity contribution in [3.63, 3.8) is 0 Å². The lowest BCUT2D eigenvalue weighted by Gasteiger charge is -2.37. The highest BCUT2D eigenvalue weighted by atomic mass is 16.5. The molecule has 2 heterocycles. The summed E-state index contributed by atoms with van der Waals surface area (Å²) in [6.07, 6.45) is -4.34. The average molecular weight is 454 g/mol. The minimum absolute atomic E-state index is 0.176. The molecule has 0 radical (unpaired) electrons. The number of rotatable bonds is 8. The van der Waals surface area contributed by atoms with E-state index in [0.29, 0.717) is 22.3 Å². The SMILES string of the molecule is [2H]C1([2H])N(CCOc2ccc(Nc3ncc(C)c(N(c4ccccc4)C(C)(C)C)n3)cc2)C([2H])([2H])C([2H])([2H])C1([2H])[2H]. The minimum atomic E-state index is -3.06. The minimum Gasteiger partial charge on any atom is -0.492 e. The van der Waals surface area contributed by atoms with Gasteiger partial charge in [-0.3, -0.25) is 4.90 Å². The van der Waals surface area contributed by atoms with Gasteiger partial charge in [0.25, 0.3) is 0 Å². The quantitative estimate of drug-likeness (QED) is 0.455. The lowest BCUT2D eigenvalue weighted by atomic mass is 10.0. The van der Waals surface area contributed by atoms with Gasteiger partial charge in [-0.15, -0.1) is 0 Å². The Hall–Kier alpha value is -3.12. The van der Waals surface area contributed by atoms with Crippen LogP contribution < -0.4 is 15.0 Å². The molecule has 0 atom stereocenters. The molecule has 1 aliphatic rings. The van der Waals surface area contributed by atoms with Gasteiger partial charge in [0.05, 0.1) is 0 Å². The van der Waals surface area contributed by atoms with Crippen molar-refractivity contribution in [1.82, 2.24) is 14.9 Å². The Bertz CT molecular complexity index is 1340. The molecular formula is C27H35N5O. The van der Waals surface area contributed by atoms with E-state index < -0.39 is 25.7 Å². The first-order valence-electron chi connectivity index (χ1n) is 14.9. The van der Waals surface area contributed by atoms with E-state index in [1.54, 1.807) is 30.5 Å². The number of hydrogen-bond acceptors (Lipinski definition) is 6. The van der Waals surface area contributed by atoms with Crippen molar-refractivity contribution < 1.29 is 15.7 Å². The number of ether oxygens (including phenoxy) is 1. The van der Waals surface area contributed by atoms with Crippen molar-refractivity contribution in [2.24, 2.45) is 0 Å². The standard InChI is InChI=1S/C27H35N5O/c1-21-20-28-26(30-25(21)32(27(2,3)4)23-10-6-5-7-11-23)29-22-12-14-24(15-13-22)33-19-18-31-16-8-9-17-31/h5-7,10-15,20H,8-9,16-19H2,1-4H3,(H,28,29,30)/i8D2,9D2,16D2,17D2. The largest absolute Gasteiger partial charge is 0.492 e. The number of hydrogen-bond donors (Lipinski definition) is 1. The smallest absolute Gasteiger partial charge is 0.229 e. The molecule has 0 bridgehead atoms. The van der Waals surface area contributed by atoms with E-state index in [2.05, 4.69) is 36.0 Å². The van der Waals surface area contributed by atoms with Crippen LogP contribution in [0.15, 0.2) is 60.8 Å². The molecule has 0 unspecified atom stereocenters. The Morgan fingerprint density at radius 1 is 1.06 bits per heavy atom. The van der Waals surface area contributed by atoms with Crippen LogP contribution in [0.5, 0.6) is 5.75 Å². The molecule has 1 fully saturated rings. The fourth-order valence-corrected chi connectivity index (χ4v) is 3.47. The van der Waals surface area contributed by atoms with Gasteiger partial charge in [-0.05, 0) is 89.8 Å². The molecule has 1 aromatic heterocycles. The molecule has 174 valence electrons. The highest BCUT2D eigenvalue weighted by molar-refractivity contribution is 5.66. The molecule has 2 aromatic carbocycles. The molecule has 1 saturated heterocycles. The van der Waals surface area contributed by atoms with Gasteiger partial charge in [-0.1, -0.05) is 18.2 Å². The highest BCUT2D eigenvalue weighted by Crippen LogP contribution is 2.34. The van der Waals surface area contributed by atoms with E-state index in [-0.39, 0.29) is 18.7 Å². The Balaban J connectivity index is 1.45. The van der Waals surface area contributed by atoms with Crippen LogP contribution in [-0.4, -0.2) is 46.6 Å². The van der Waals surface area contributed by atoms with Crippen LogP contribution in [0.2, 0.25) is 0 Å². The zero-order valence-electron chi connectivity index (χ0n) is 27.4. The second-order valence-corrected chi connectivity index (χ2v) is 8.67. The summed E-state index contributed by atoms with van der Waals surface area (Å²) in [5.41, 5.74) is 2.38. The first-order valence-corrected chi connectivity index (χ1v) is 10.9. The van der Waals surface area contributed by atoms with Crippen molar-refractivity contribution in [1.29, 1.82) is 0 Å². The molecule has 4 rings (SSSR count). The molecule has 33 heavy (non-hydrogen) atoms. The second kappa shape index (κ2) is 10.2. The average Bonchev–Trinajstić information content (AvgIpc) is 2.95. The van der Waals surface area contributed by atoms with Crippen molar-refractivity contribution in [2.45, 2.75) is 46.0 Å². The fourth-order valence-electron chi connectivity index (χ4n) is 3.47. The van der Waals surface area contributed by atoms with E-state index in [4.69, 9.17) is 20.7 Å². The normalized spacial score (nSPS) is 24.0. The van der Waals surface area contributed by atoms with Gasteiger partial charge in [-0.25, -0.2) is 4.98 Å². The number of para-hydroxylation sites is 1. The zero-order valence-corrected chi connectivity index (χ0v) is 19.4. The molecule has 0 saturated carbocycles.